The van der Waals surface area contributed by atoms with Gasteiger partial charge in [-0.05, 0) is 12.1 Å². The molecule has 0 saturated carbocycles. The van der Waals surface area contributed by atoms with Gasteiger partial charge in [0.25, 0.3) is 9.84 Å². The lowest BCUT2D eigenvalue weighted by Gasteiger charge is -2.07. The molecule has 0 heterocycles. The van der Waals surface area contributed by atoms with Gasteiger partial charge in [0.1, 0.15) is 0 Å². The molecular weight excluding hydrogens is 243 g/mol. The van der Waals surface area contributed by atoms with Crippen molar-refractivity contribution in [3.8, 4) is 0 Å². The van der Waals surface area contributed by atoms with Crippen LogP contribution in [0.5, 0.6) is 0 Å². The molecule has 1 aromatic rings. The van der Waals surface area contributed by atoms with Crippen LogP contribution >= 0.6 is 0 Å². The molecule has 0 saturated heterocycles. The minimum atomic E-state index is -5.32. The van der Waals surface area contributed by atoms with E-state index in [-0.39, 0.29) is 12.1 Å². The van der Waals surface area contributed by atoms with E-state index in [4.69, 9.17) is 6.57 Å². The van der Waals surface area contributed by atoms with E-state index in [1.807, 2.05) is 0 Å². The van der Waals surface area contributed by atoms with Gasteiger partial charge >= 0.3 is 5.51 Å². The minimum absolute atomic E-state index is 0.152. The highest BCUT2D eigenvalue weighted by atomic mass is 32.2. The van der Waals surface area contributed by atoms with Crippen LogP contribution in [0, 0.1) is 6.57 Å². The normalized spacial score (nSPS) is 12.1. The summed E-state index contributed by atoms with van der Waals surface area (Å²) in [5, 5.41) is 0. The summed E-state index contributed by atoms with van der Waals surface area (Å²) >= 11 is 0. The zero-order valence-corrected chi connectivity index (χ0v) is 8.64. The Morgan fingerprint density at radius 3 is 2.44 bits per heavy atom. The second kappa shape index (κ2) is 4.14. The lowest BCUT2D eigenvalue weighted by atomic mass is 10.2. The van der Waals surface area contributed by atoms with E-state index in [1.165, 1.54) is 12.1 Å². The molecular formula is C9H6F3NO2S. The number of halogens is 3. The largest absolute Gasteiger partial charge is 0.501 e. The molecule has 0 spiro atoms. The fraction of sp³-hybridized carbons (Fsp3) is 0.222. The van der Waals surface area contributed by atoms with Gasteiger partial charge in [-0.1, -0.05) is 12.1 Å². The molecule has 0 radical (unpaired) electrons. The van der Waals surface area contributed by atoms with Crippen molar-refractivity contribution < 1.29 is 21.6 Å². The third kappa shape index (κ3) is 2.33. The van der Waals surface area contributed by atoms with E-state index >= 15 is 0 Å². The average molecular weight is 249 g/mol. The molecule has 0 unspecified atom stereocenters. The third-order valence-corrected chi connectivity index (χ3v) is 3.26. The first-order valence-electron chi connectivity index (χ1n) is 4.02. The number of benzene rings is 1. The van der Waals surface area contributed by atoms with E-state index in [2.05, 4.69) is 4.85 Å². The molecule has 16 heavy (non-hydrogen) atoms. The van der Waals surface area contributed by atoms with Gasteiger partial charge in [0, 0.05) is 5.56 Å². The van der Waals surface area contributed by atoms with Crippen LogP contribution in [-0.2, 0) is 16.4 Å². The summed E-state index contributed by atoms with van der Waals surface area (Å²) < 4.78 is 58.6. The van der Waals surface area contributed by atoms with Crippen molar-refractivity contribution in [2.45, 2.75) is 16.9 Å². The average Bonchev–Trinajstić information content (AvgIpc) is 2.17. The van der Waals surface area contributed by atoms with Crippen LogP contribution in [0.15, 0.2) is 29.2 Å². The number of hydrogen-bond donors (Lipinski definition) is 0. The van der Waals surface area contributed by atoms with Crippen LogP contribution in [0.1, 0.15) is 5.56 Å². The van der Waals surface area contributed by atoms with Crippen molar-refractivity contribution in [3.63, 3.8) is 0 Å². The highest BCUT2D eigenvalue weighted by Gasteiger charge is 2.46. The predicted molar refractivity (Wildman–Crippen MR) is 50.0 cm³/mol. The van der Waals surface area contributed by atoms with Crippen LogP contribution in [0.2, 0.25) is 0 Å². The van der Waals surface area contributed by atoms with Crippen molar-refractivity contribution in [1.82, 2.24) is 0 Å². The van der Waals surface area contributed by atoms with Gasteiger partial charge in [0.2, 0.25) is 6.54 Å². The molecule has 1 rings (SSSR count). The Morgan fingerprint density at radius 2 is 1.94 bits per heavy atom. The van der Waals surface area contributed by atoms with E-state index in [0.717, 1.165) is 12.1 Å². The Labute approximate surface area is 90.3 Å². The zero-order chi connectivity index (χ0) is 12.4. The molecule has 0 aliphatic heterocycles. The quantitative estimate of drug-likeness (QED) is 0.755. The Kier molecular flexibility index (Phi) is 3.24. The Bertz CT molecular complexity index is 528. The third-order valence-electron chi connectivity index (χ3n) is 1.78. The second-order valence-corrected chi connectivity index (χ2v) is 4.85. The Morgan fingerprint density at radius 1 is 1.31 bits per heavy atom. The van der Waals surface area contributed by atoms with E-state index in [1.54, 1.807) is 0 Å². The van der Waals surface area contributed by atoms with Crippen LogP contribution in [-0.4, -0.2) is 13.9 Å². The Hall–Kier alpha value is -1.55. The van der Waals surface area contributed by atoms with Crippen molar-refractivity contribution in [3.05, 3.63) is 41.2 Å². The molecule has 0 amide bonds. The summed E-state index contributed by atoms with van der Waals surface area (Å²) in [6.07, 6.45) is 0. The summed E-state index contributed by atoms with van der Waals surface area (Å²) in [4.78, 5) is 2.13. The van der Waals surface area contributed by atoms with Crippen molar-refractivity contribution in [2.75, 3.05) is 0 Å². The predicted octanol–water partition coefficient (Wildman–Crippen LogP) is 2.40. The Balaban J connectivity index is 3.26. The first kappa shape index (κ1) is 12.5. The molecule has 0 aliphatic carbocycles. The molecule has 0 atom stereocenters. The standard InChI is InChI=1S/C9H6F3NO2S/c1-13-6-7-3-2-4-8(5-7)16(14,15)9(10,11)12/h2-5H,6H2. The smallest absolute Gasteiger partial charge is 0.312 e. The minimum Gasteiger partial charge on any atom is -0.312 e. The number of rotatable bonds is 2. The number of hydrogen-bond acceptors (Lipinski definition) is 2. The molecule has 0 fully saturated rings. The van der Waals surface area contributed by atoms with E-state index in [9.17, 15) is 21.6 Å². The zero-order valence-electron chi connectivity index (χ0n) is 7.82. The van der Waals surface area contributed by atoms with Gasteiger partial charge in [-0.25, -0.2) is 15.0 Å². The highest BCUT2D eigenvalue weighted by molar-refractivity contribution is 7.92. The van der Waals surface area contributed by atoms with Crippen LogP contribution in [0.3, 0.4) is 0 Å². The first-order chi connectivity index (χ1) is 7.29. The van der Waals surface area contributed by atoms with Gasteiger partial charge < -0.3 is 4.85 Å². The summed E-state index contributed by atoms with van der Waals surface area (Å²) in [5.74, 6) is 0. The summed E-state index contributed by atoms with van der Waals surface area (Å²) in [5.41, 5.74) is -5.08. The van der Waals surface area contributed by atoms with Crippen molar-refractivity contribution in [2.24, 2.45) is 0 Å². The fourth-order valence-electron chi connectivity index (χ4n) is 1.04. The van der Waals surface area contributed by atoms with Crippen molar-refractivity contribution >= 4 is 9.84 Å². The highest BCUT2D eigenvalue weighted by Crippen LogP contribution is 2.30. The number of nitrogens with zero attached hydrogens (tertiary/aromatic N) is 1. The molecule has 3 nitrogen and oxygen atoms in total. The SMILES string of the molecule is [C-]#[N+]Cc1cccc(S(=O)(=O)C(F)(F)F)c1. The summed E-state index contributed by atoms with van der Waals surface area (Å²) in [7, 11) is -5.32. The van der Waals surface area contributed by atoms with Gasteiger partial charge in [0.15, 0.2) is 0 Å². The maximum absolute atomic E-state index is 12.2. The van der Waals surface area contributed by atoms with Crippen LogP contribution in [0.25, 0.3) is 4.85 Å². The maximum Gasteiger partial charge on any atom is 0.501 e. The van der Waals surface area contributed by atoms with Gasteiger partial charge in [-0.15, -0.1) is 0 Å². The monoisotopic (exact) mass is 249 g/mol. The molecule has 7 heteroatoms. The molecule has 0 aliphatic rings. The van der Waals surface area contributed by atoms with E-state index in [0.29, 0.717) is 0 Å². The molecule has 0 aromatic heterocycles. The van der Waals surface area contributed by atoms with Crippen LogP contribution in [0.4, 0.5) is 13.2 Å². The van der Waals surface area contributed by atoms with Gasteiger partial charge in [-0.3, -0.25) is 0 Å². The molecule has 86 valence electrons. The molecule has 1 aromatic carbocycles. The number of alkyl halides is 3. The van der Waals surface area contributed by atoms with Gasteiger partial charge in [-0.2, -0.15) is 13.2 Å². The fourth-order valence-corrected chi connectivity index (χ4v) is 1.87. The van der Waals surface area contributed by atoms with Crippen molar-refractivity contribution in [1.29, 1.82) is 0 Å². The first-order valence-corrected chi connectivity index (χ1v) is 5.51. The second-order valence-electron chi connectivity index (χ2n) is 2.91. The molecule has 0 bridgehead atoms. The van der Waals surface area contributed by atoms with Crippen LogP contribution < -0.4 is 0 Å². The molecule has 0 N–H and O–H groups in total. The summed E-state index contributed by atoms with van der Waals surface area (Å²) in [6.45, 7) is 6.39. The number of sulfone groups is 1. The maximum atomic E-state index is 12.2. The lowest BCUT2D eigenvalue weighted by molar-refractivity contribution is -0.0436. The summed E-state index contributed by atoms with van der Waals surface area (Å²) in [6, 6.07) is 4.30. The van der Waals surface area contributed by atoms with Gasteiger partial charge in [0.05, 0.1) is 4.90 Å². The van der Waals surface area contributed by atoms with E-state index < -0.39 is 20.2 Å². The lowest BCUT2D eigenvalue weighted by Crippen LogP contribution is -2.23. The topological polar surface area (TPSA) is 38.5 Å².